The third-order valence-electron chi connectivity index (χ3n) is 1.23. The van der Waals surface area contributed by atoms with Crippen LogP contribution in [0.3, 0.4) is 0 Å². The highest BCUT2D eigenvalue weighted by Crippen LogP contribution is 2.07. The summed E-state index contributed by atoms with van der Waals surface area (Å²) < 4.78 is 12.6. The van der Waals surface area contributed by atoms with Gasteiger partial charge in [-0.1, -0.05) is 0 Å². The fraction of sp³-hybridized carbons (Fsp3) is 0. The molecule has 5 nitrogen and oxygen atoms in total. The first kappa shape index (κ1) is 8.41. The van der Waals surface area contributed by atoms with Crippen molar-refractivity contribution in [1.82, 2.24) is 10.5 Å². The zero-order chi connectivity index (χ0) is 9.14. The largest absolute Gasteiger partial charge is 0.381 e. The number of nitrogen functional groups attached to an aromatic ring is 1. The number of amides is 1. The quantitative estimate of drug-likeness (QED) is 0.407. The molecule has 0 aliphatic carbocycles. The van der Waals surface area contributed by atoms with Crippen molar-refractivity contribution in [3.63, 3.8) is 0 Å². The van der Waals surface area contributed by atoms with Crippen LogP contribution >= 0.6 is 0 Å². The second-order valence-electron chi connectivity index (χ2n) is 2.03. The van der Waals surface area contributed by atoms with Crippen molar-refractivity contribution in [2.45, 2.75) is 0 Å². The minimum Gasteiger partial charge on any atom is -0.381 e. The summed E-state index contributed by atoms with van der Waals surface area (Å²) in [5, 5.41) is 8.17. The minimum atomic E-state index is -0.832. The monoisotopic (exact) mass is 171 g/mol. The van der Waals surface area contributed by atoms with Crippen LogP contribution in [0.4, 0.5) is 10.2 Å². The first-order chi connectivity index (χ1) is 5.65. The lowest BCUT2D eigenvalue weighted by Gasteiger charge is -1.99. The van der Waals surface area contributed by atoms with Crippen molar-refractivity contribution in [2.75, 3.05) is 5.73 Å². The molecule has 0 saturated heterocycles. The highest BCUT2D eigenvalue weighted by Gasteiger charge is 2.07. The molecule has 0 aliphatic rings. The molecule has 0 unspecified atom stereocenters. The molecular formula is C6H6FN3O2. The standard InChI is InChI=1S/C6H6FN3O2/c7-4-1-3(6(11)10-12)2-9-5(4)8/h1-2,12H,(H2,8,9)(H,10,11). The number of anilines is 1. The van der Waals surface area contributed by atoms with Crippen molar-refractivity contribution in [2.24, 2.45) is 0 Å². The molecule has 64 valence electrons. The van der Waals surface area contributed by atoms with Crippen LogP contribution in [0.2, 0.25) is 0 Å². The Labute approximate surface area is 67.0 Å². The maximum Gasteiger partial charge on any atom is 0.276 e. The fourth-order valence-electron chi connectivity index (χ4n) is 0.637. The molecule has 1 aromatic heterocycles. The number of rotatable bonds is 1. The first-order valence-electron chi connectivity index (χ1n) is 3.00. The Morgan fingerprint density at radius 3 is 2.92 bits per heavy atom. The number of nitrogens with one attached hydrogen (secondary N) is 1. The van der Waals surface area contributed by atoms with Crippen LogP contribution in [0.1, 0.15) is 10.4 Å². The SMILES string of the molecule is Nc1ncc(C(=O)NO)cc1F. The van der Waals surface area contributed by atoms with Gasteiger partial charge in [0.25, 0.3) is 5.91 Å². The van der Waals surface area contributed by atoms with E-state index in [0.717, 1.165) is 12.3 Å². The summed E-state index contributed by atoms with van der Waals surface area (Å²) in [5.41, 5.74) is 6.30. The van der Waals surface area contributed by atoms with Crippen LogP contribution in [0.15, 0.2) is 12.3 Å². The number of hydrogen-bond acceptors (Lipinski definition) is 4. The van der Waals surface area contributed by atoms with E-state index < -0.39 is 11.7 Å². The molecule has 0 saturated carbocycles. The van der Waals surface area contributed by atoms with Gasteiger partial charge in [-0.3, -0.25) is 10.0 Å². The number of aromatic nitrogens is 1. The van der Waals surface area contributed by atoms with E-state index >= 15 is 0 Å². The summed E-state index contributed by atoms with van der Waals surface area (Å²) in [6, 6.07) is 0.883. The minimum absolute atomic E-state index is 0.0933. The van der Waals surface area contributed by atoms with Gasteiger partial charge in [0.1, 0.15) is 0 Å². The number of carbonyl (C=O) groups excluding carboxylic acids is 1. The van der Waals surface area contributed by atoms with E-state index in [0.29, 0.717) is 0 Å². The maximum absolute atomic E-state index is 12.6. The third-order valence-corrected chi connectivity index (χ3v) is 1.23. The number of carbonyl (C=O) groups is 1. The Kier molecular flexibility index (Phi) is 2.20. The van der Waals surface area contributed by atoms with Gasteiger partial charge in [-0.2, -0.15) is 0 Å². The second kappa shape index (κ2) is 3.14. The molecule has 0 aliphatic heterocycles. The van der Waals surface area contributed by atoms with Gasteiger partial charge in [0.15, 0.2) is 11.6 Å². The number of nitrogens with zero attached hydrogens (tertiary/aromatic N) is 1. The topological polar surface area (TPSA) is 88.2 Å². The Morgan fingerprint density at radius 2 is 2.42 bits per heavy atom. The molecular weight excluding hydrogens is 165 g/mol. The lowest BCUT2D eigenvalue weighted by atomic mass is 10.2. The molecule has 1 heterocycles. The number of pyridine rings is 1. The summed E-state index contributed by atoms with van der Waals surface area (Å²) in [6.45, 7) is 0. The Balaban J connectivity index is 3.05. The fourth-order valence-corrected chi connectivity index (χ4v) is 0.637. The van der Waals surface area contributed by atoms with E-state index in [1.54, 1.807) is 0 Å². The van der Waals surface area contributed by atoms with Crippen molar-refractivity contribution in [3.8, 4) is 0 Å². The molecule has 1 amide bonds. The normalized spacial score (nSPS) is 9.50. The molecule has 12 heavy (non-hydrogen) atoms. The summed E-state index contributed by atoms with van der Waals surface area (Å²) >= 11 is 0. The van der Waals surface area contributed by atoms with E-state index in [4.69, 9.17) is 10.9 Å². The zero-order valence-corrected chi connectivity index (χ0v) is 5.91. The average Bonchev–Trinajstić information content (AvgIpc) is 2.08. The van der Waals surface area contributed by atoms with Gasteiger partial charge in [-0.05, 0) is 6.07 Å². The predicted molar refractivity (Wildman–Crippen MR) is 37.9 cm³/mol. The van der Waals surface area contributed by atoms with Gasteiger partial charge in [0, 0.05) is 6.20 Å². The van der Waals surface area contributed by atoms with Crippen molar-refractivity contribution >= 4 is 11.7 Å². The lowest BCUT2D eigenvalue weighted by Crippen LogP contribution is -2.19. The lowest BCUT2D eigenvalue weighted by molar-refractivity contribution is 0.0705. The van der Waals surface area contributed by atoms with E-state index in [2.05, 4.69) is 4.98 Å². The second-order valence-corrected chi connectivity index (χ2v) is 2.03. The van der Waals surface area contributed by atoms with Gasteiger partial charge >= 0.3 is 0 Å². The van der Waals surface area contributed by atoms with Crippen molar-refractivity contribution in [1.29, 1.82) is 0 Å². The van der Waals surface area contributed by atoms with E-state index in [1.807, 2.05) is 0 Å². The van der Waals surface area contributed by atoms with Gasteiger partial charge in [-0.15, -0.1) is 0 Å². The van der Waals surface area contributed by atoms with Crippen molar-refractivity contribution < 1.29 is 14.4 Å². The Morgan fingerprint density at radius 1 is 1.75 bits per heavy atom. The molecule has 0 fully saturated rings. The molecule has 0 atom stereocenters. The Bertz CT molecular complexity index is 316. The van der Waals surface area contributed by atoms with Gasteiger partial charge in [-0.25, -0.2) is 14.9 Å². The van der Waals surface area contributed by atoms with Crippen LogP contribution in [-0.4, -0.2) is 16.1 Å². The molecule has 6 heteroatoms. The van der Waals surface area contributed by atoms with Gasteiger partial charge < -0.3 is 5.73 Å². The summed E-state index contributed by atoms with van der Waals surface area (Å²) in [7, 11) is 0. The van der Waals surface area contributed by atoms with Crippen LogP contribution in [0.25, 0.3) is 0 Å². The number of hydroxylamine groups is 1. The van der Waals surface area contributed by atoms with Crippen LogP contribution in [0, 0.1) is 5.82 Å². The van der Waals surface area contributed by atoms with E-state index in [9.17, 15) is 9.18 Å². The number of nitrogens with two attached hydrogens (primary N) is 1. The first-order valence-corrected chi connectivity index (χ1v) is 3.00. The zero-order valence-electron chi connectivity index (χ0n) is 5.91. The molecule has 0 bridgehead atoms. The van der Waals surface area contributed by atoms with Crippen LogP contribution in [-0.2, 0) is 0 Å². The average molecular weight is 171 g/mol. The van der Waals surface area contributed by atoms with Gasteiger partial charge in [0.05, 0.1) is 5.56 Å². The third kappa shape index (κ3) is 1.48. The summed E-state index contributed by atoms with van der Waals surface area (Å²) in [6.07, 6.45) is 1.06. The predicted octanol–water partition coefficient (Wildman–Crippen LogP) is -0.0781. The maximum atomic E-state index is 12.6. The van der Waals surface area contributed by atoms with Crippen molar-refractivity contribution in [3.05, 3.63) is 23.6 Å². The molecule has 0 aromatic carbocycles. The molecule has 1 rings (SSSR count). The van der Waals surface area contributed by atoms with Crippen LogP contribution < -0.4 is 11.2 Å². The van der Waals surface area contributed by atoms with E-state index in [-0.39, 0.29) is 11.4 Å². The molecule has 1 aromatic rings. The number of hydrogen-bond donors (Lipinski definition) is 3. The molecule has 4 N–H and O–H groups in total. The highest BCUT2D eigenvalue weighted by molar-refractivity contribution is 5.93. The van der Waals surface area contributed by atoms with Crippen LogP contribution in [0.5, 0.6) is 0 Å². The highest BCUT2D eigenvalue weighted by atomic mass is 19.1. The van der Waals surface area contributed by atoms with E-state index in [1.165, 1.54) is 5.48 Å². The number of halogens is 1. The smallest absolute Gasteiger partial charge is 0.276 e. The molecule has 0 radical (unpaired) electrons. The summed E-state index contributed by atoms with van der Waals surface area (Å²) in [5.74, 6) is -1.91. The summed E-state index contributed by atoms with van der Waals surface area (Å²) in [4.78, 5) is 14.0. The Hall–Kier alpha value is -1.69. The van der Waals surface area contributed by atoms with Gasteiger partial charge in [0.2, 0.25) is 0 Å². The molecule has 0 spiro atoms.